The zero-order valence-electron chi connectivity index (χ0n) is 12.6. The summed E-state index contributed by atoms with van der Waals surface area (Å²) in [6.07, 6.45) is 4.08. The van der Waals surface area contributed by atoms with E-state index in [4.69, 9.17) is 4.74 Å². The maximum atomic E-state index is 13.7. The van der Waals surface area contributed by atoms with Crippen LogP contribution in [0.3, 0.4) is 0 Å². The summed E-state index contributed by atoms with van der Waals surface area (Å²) in [5.74, 6) is 2.26. The first-order valence-corrected chi connectivity index (χ1v) is 9.03. The Morgan fingerprint density at radius 1 is 1.48 bits per heavy atom. The second kappa shape index (κ2) is 6.67. The third-order valence-corrected chi connectivity index (χ3v) is 5.79. The van der Waals surface area contributed by atoms with E-state index >= 15 is 0 Å². The third kappa shape index (κ3) is 3.79. The molecule has 0 saturated carbocycles. The predicted molar refractivity (Wildman–Crippen MR) is 86.3 cm³/mol. The molecular weight excluding hydrogens is 285 g/mol. The molecule has 0 amide bonds. The largest absolute Gasteiger partial charge is 0.374 e. The smallest absolute Gasteiger partial charge is 0.126 e. The number of hydrogen-bond acceptors (Lipinski definition) is 3. The third-order valence-electron chi connectivity index (χ3n) is 4.56. The van der Waals surface area contributed by atoms with Crippen molar-refractivity contribution in [3.05, 3.63) is 35.6 Å². The van der Waals surface area contributed by atoms with Crippen molar-refractivity contribution in [3.63, 3.8) is 0 Å². The molecule has 3 rings (SSSR count). The first-order valence-electron chi connectivity index (χ1n) is 7.88. The molecule has 0 aliphatic carbocycles. The van der Waals surface area contributed by atoms with Gasteiger partial charge in [0, 0.05) is 24.4 Å². The lowest BCUT2D eigenvalue weighted by Crippen LogP contribution is -2.49. The van der Waals surface area contributed by atoms with E-state index in [1.165, 1.54) is 12.2 Å². The molecular formula is C17H24FNOS. The van der Waals surface area contributed by atoms with Crippen LogP contribution in [0.25, 0.3) is 0 Å². The highest BCUT2D eigenvalue weighted by molar-refractivity contribution is 7.99. The molecule has 4 heteroatoms. The fourth-order valence-electron chi connectivity index (χ4n) is 3.49. The molecule has 21 heavy (non-hydrogen) atoms. The minimum Gasteiger partial charge on any atom is -0.374 e. The number of halogens is 1. The number of benzene rings is 1. The van der Waals surface area contributed by atoms with E-state index < -0.39 is 0 Å². The maximum absolute atomic E-state index is 13.7. The van der Waals surface area contributed by atoms with Gasteiger partial charge in [0.05, 0.1) is 5.60 Å². The minimum atomic E-state index is -0.0956. The molecule has 1 aromatic rings. The van der Waals surface area contributed by atoms with Gasteiger partial charge in [-0.15, -0.1) is 0 Å². The van der Waals surface area contributed by atoms with Crippen molar-refractivity contribution in [1.29, 1.82) is 0 Å². The Labute approximate surface area is 130 Å². The molecule has 3 atom stereocenters. The second-order valence-electron chi connectivity index (χ2n) is 6.39. The average molecular weight is 309 g/mol. The molecule has 0 unspecified atom stereocenters. The van der Waals surface area contributed by atoms with Gasteiger partial charge in [-0.2, -0.15) is 11.8 Å². The van der Waals surface area contributed by atoms with Gasteiger partial charge in [0.1, 0.15) is 5.82 Å². The summed E-state index contributed by atoms with van der Waals surface area (Å²) >= 11 is 2.00. The van der Waals surface area contributed by atoms with Crippen LogP contribution in [-0.4, -0.2) is 35.8 Å². The zero-order chi connectivity index (χ0) is 14.7. The van der Waals surface area contributed by atoms with Crippen molar-refractivity contribution < 1.29 is 9.13 Å². The van der Waals surface area contributed by atoms with Crippen molar-refractivity contribution in [2.45, 2.75) is 50.3 Å². The van der Waals surface area contributed by atoms with Crippen LogP contribution in [0, 0.1) is 5.82 Å². The highest BCUT2D eigenvalue weighted by Gasteiger charge is 2.40. The lowest BCUT2D eigenvalue weighted by atomic mass is 9.89. The maximum Gasteiger partial charge on any atom is 0.126 e. The van der Waals surface area contributed by atoms with Crippen LogP contribution in [-0.2, 0) is 11.2 Å². The lowest BCUT2D eigenvalue weighted by molar-refractivity contribution is -0.0711. The Balaban J connectivity index is 1.55. The summed E-state index contributed by atoms with van der Waals surface area (Å²) in [6, 6.07) is 7.87. The standard InChI is InChI=1S/C17H24FNOS/c1-13(10-14-4-2-3-5-16(14)18)19-15-6-8-20-17(11-15)7-9-21-12-17/h2-5,13,15,19H,6-12H2,1H3/t13-,15-,17+/m1/s1. The predicted octanol–water partition coefficient (Wildman–Crippen LogP) is 3.40. The summed E-state index contributed by atoms with van der Waals surface area (Å²) in [5.41, 5.74) is 0.911. The summed E-state index contributed by atoms with van der Waals surface area (Å²) in [6.45, 7) is 3.00. The van der Waals surface area contributed by atoms with Crippen LogP contribution < -0.4 is 5.32 Å². The van der Waals surface area contributed by atoms with E-state index in [-0.39, 0.29) is 17.5 Å². The molecule has 2 saturated heterocycles. The van der Waals surface area contributed by atoms with E-state index in [2.05, 4.69) is 12.2 Å². The molecule has 1 spiro atoms. The van der Waals surface area contributed by atoms with Crippen LogP contribution in [0.5, 0.6) is 0 Å². The molecule has 2 fully saturated rings. The topological polar surface area (TPSA) is 21.3 Å². The highest BCUT2D eigenvalue weighted by atomic mass is 32.2. The van der Waals surface area contributed by atoms with Gasteiger partial charge in [-0.25, -0.2) is 4.39 Å². The van der Waals surface area contributed by atoms with Gasteiger partial charge in [0.15, 0.2) is 0 Å². The Bertz CT molecular complexity index is 476. The molecule has 1 N–H and O–H groups in total. The Morgan fingerprint density at radius 2 is 2.33 bits per heavy atom. The highest BCUT2D eigenvalue weighted by Crippen LogP contribution is 2.38. The molecule has 1 aromatic carbocycles. The van der Waals surface area contributed by atoms with Gasteiger partial charge in [-0.1, -0.05) is 18.2 Å². The monoisotopic (exact) mass is 309 g/mol. The number of thioether (sulfide) groups is 1. The molecule has 116 valence electrons. The summed E-state index contributed by atoms with van der Waals surface area (Å²) in [7, 11) is 0. The summed E-state index contributed by atoms with van der Waals surface area (Å²) in [4.78, 5) is 0. The van der Waals surface area contributed by atoms with E-state index in [0.29, 0.717) is 6.04 Å². The van der Waals surface area contributed by atoms with Crippen molar-refractivity contribution in [2.75, 3.05) is 18.1 Å². The van der Waals surface area contributed by atoms with E-state index in [0.717, 1.165) is 37.2 Å². The van der Waals surface area contributed by atoms with Gasteiger partial charge in [0.25, 0.3) is 0 Å². The van der Waals surface area contributed by atoms with E-state index in [9.17, 15) is 4.39 Å². The summed E-state index contributed by atoms with van der Waals surface area (Å²) < 4.78 is 19.8. The molecule has 2 nitrogen and oxygen atoms in total. The number of hydrogen-bond donors (Lipinski definition) is 1. The first kappa shape index (κ1) is 15.3. The van der Waals surface area contributed by atoms with Crippen molar-refractivity contribution in [3.8, 4) is 0 Å². The van der Waals surface area contributed by atoms with Gasteiger partial charge >= 0.3 is 0 Å². The first-order chi connectivity index (χ1) is 10.2. The number of ether oxygens (including phenoxy) is 1. The van der Waals surface area contributed by atoms with Crippen LogP contribution in [0.2, 0.25) is 0 Å². The Hall–Kier alpha value is -0.580. The normalized spacial score (nSPS) is 30.7. The van der Waals surface area contributed by atoms with Gasteiger partial charge in [0.2, 0.25) is 0 Å². The van der Waals surface area contributed by atoms with Crippen molar-refractivity contribution >= 4 is 11.8 Å². The van der Waals surface area contributed by atoms with E-state index in [1.54, 1.807) is 12.1 Å². The molecule has 0 aromatic heterocycles. The van der Waals surface area contributed by atoms with Crippen LogP contribution in [0.15, 0.2) is 24.3 Å². The van der Waals surface area contributed by atoms with Crippen LogP contribution in [0.4, 0.5) is 4.39 Å². The molecule has 0 radical (unpaired) electrons. The van der Waals surface area contributed by atoms with Crippen molar-refractivity contribution in [1.82, 2.24) is 5.32 Å². The fourth-order valence-corrected chi connectivity index (χ4v) is 4.87. The SMILES string of the molecule is C[C@H](Cc1ccccc1F)N[C@@H]1CCO[C@@]2(CCSC2)C1. The molecule has 0 bridgehead atoms. The van der Waals surface area contributed by atoms with Gasteiger partial charge in [-0.3, -0.25) is 0 Å². The number of nitrogens with one attached hydrogen (secondary N) is 1. The zero-order valence-corrected chi connectivity index (χ0v) is 13.4. The lowest BCUT2D eigenvalue weighted by Gasteiger charge is -2.39. The quantitative estimate of drug-likeness (QED) is 0.921. The number of rotatable bonds is 4. The summed E-state index contributed by atoms with van der Waals surface area (Å²) in [5, 5.41) is 3.69. The van der Waals surface area contributed by atoms with Crippen LogP contribution in [0.1, 0.15) is 31.7 Å². The van der Waals surface area contributed by atoms with E-state index in [1.807, 2.05) is 23.9 Å². The van der Waals surface area contributed by atoms with Crippen LogP contribution >= 0.6 is 11.8 Å². The Kier molecular flexibility index (Phi) is 4.87. The minimum absolute atomic E-state index is 0.0956. The molecule has 2 heterocycles. The van der Waals surface area contributed by atoms with Gasteiger partial charge in [-0.05, 0) is 50.0 Å². The van der Waals surface area contributed by atoms with Crippen molar-refractivity contribution in [2.24, 2.45) is 0 Å². The van der Waals surface area contributed by atoms with Gasteiger partial charge < -0.3 is 10.1 Å². The molecule has 2 aliphatic rings. The Morgan fingerprint density at radius 3 is 3.10 bits per heavy atom. The fraction of sp³-hybridized carbons (Fsp3) is 0.647. The second-order valence-corrected chi connectivity index (χ2v) is 7.49. The average Bonchev–Trinajstić information content (AvgIpc) is 2.89. The molecule has 2 aliphatic heterocycles.